The van der Waals surface area contributed by atoms with Crippen LogP contribution in [0.4, 0.5) is 0 Å². The van der Waals surface area contributed by atoms with Gasteiger partial charge in [-0.15, -0.1) is 0 Å². The molecule has 1 aromatic heterocycles. The van der Waals surface area contributed by atoms with E-state index in [0.29, 0.717) is 0 Å². The summed E-state index contributed by atoms with van der Waals surface area (Å²) in [6.45, 7) is 13.6. The van der Waals surface area contributed by atoms with E-state index in [1.54, 1.807) is 0 Å². The van der Waals surface area contributed by atoms with E-state index in [0.717, 1.165) is 32.0 Å². The van der Waals surface area contributed by atoms with Gasteiger partial charge in [-0.3, -0.25) is 0 Å². The highest BCUT2D eigenvalue weighted by Gasteiger charge is 2.23. The molecule has 1 nitrogen and oxygen atoms in total. The Morgan fingerprint density at radius 2 is 1.17 bits per heavy atom. The fraction of sp³-hybridized carbons (Fsp3) is 0.235. The Hall–Kier alpha value is -3.10. The van der Waals surface area contributed by atoms with Crippen molar-refractivity contribution < 1.29 is 4.42 Å². The van der Waals surface area contributed by atoms with Crippen LogP contribution in [0.2, 0.25) is 0 Å². The van der Waals surface area contributed by atoms with Gasteiger partial charge in [-0.25, -0.2) is 0 Å². The van der Waals surface area contributed by atoms with Crippen molar-refractivity contribution in [3.8, 4) is 11.1 Å². The smallest absolute Gasteiger partial charge is 0.143 e. The van der Waals surface area contributed by atoms with Crippen molar-refractivity contribution in [2.75, 3.05) is 0 Å². The molecule has 36 heavy (non-hydrogen) atoms. The van der Waals surface area contributed by atoms with E-state index in [4.69, 9.17) is 4.42 Å². The molecule has 0 aliphatic rings. The maximum atomic E-state index is 6.53. The molecule has 0 amide bonds. The van der Waals surface area contributed by atoms with Gasteiger partial charge >= 0.3 is 0 Å². The van der Waals surface area contributed by atoms with Crippen LogP contribution in [0, 0.1) is 0 Å². The first-order valence-corrected chi connectivity index (χ1v) is 13.4. The zero-order valence-electron chi connectivity index (χ0n) is 21.8. The molecule has 0 spiro atoms. The maximum absolute atomic E-state index is 6.53. The number of furan rings is 1. The third-order valence-corrected chi connectivity index (χ3v) is 8.31. The zero-order valence-corrected chi connectivity index (χ0v) is 23.4. The first-order valence-electron chi connectivity index (χ1n) is 12.6. The number of para-hydroxylation sites is 2. The van der Waals surface area contributed by atoms with Crippen molar-refractivity contribution in [1.29, 1.82) is 0 Å². The molecule has 5 aromatic carbocycles. The number of fused-ring (bicyclic) bond motifs is 5. The number of hydrogen-bond acceptors (Lipinski definition) is 1. The van der Waals surface area contributed by atoms with Crippen molar-refractivity contribution >= 4 is 59.4 Å². The quantitative estimate of drug-likeness (QED) is 0.191. The van der Waals surface area contributed by atoms with Gasteiger partial charge in [-0.05, 0) is 77.6 Å². The van der Waals surface area contributed by atoms with Crippen molar-refractivity contribution in [2.45, 2.75) is 52.4 Å². The monoisotopic (exact) mass is 534 g/mol. The maximum Gasteiger partial charge on any atom is 0.143 e. The molecule has 6 aromatic rings. The second-order valence-corrected chi connectivity index (χ2v) is 12.8. The van der Waals surface area contributed by atoms with Gasteiger partial charge < -0.3 is 4.42 Å². The van der Waals surface area contributed by atoms with Gasteiger partial charge in [-0.1, -0.05) is 102 Å². The molecule has 0 N–H and O–H groups in total. The average molecular weight is 536 g/mol. The lowest BCUT2D eigenvalue weighted by molar-refractivity contribution is 0.590. The Balaban J connectivity index is 1.82. The lowest BCUT2D eigenvalue weighted by Gasteiger charge is -2.23. The summed E-state index contributed by atoms with van der Waals surface area (Å²) in [6, 6.07) is 28.8. The highest BCUT2D eigenvalue weighted by molar-refractivity contribution is 9.10. The van der Waals surface area contributed by atoms with Gasteiger partial charge in [0.2, 0.25) is 0 Å². The Morgan fingerprint density at radius 3 is 1.86 bits per heavy atom. The summed E-state index contributed by atoms with van der Waals surface area (Å²) in [7, 11) is 0. The van der Waals surface area contributed by atoms with Crippen LogP contribution < -0.4 is 0 Å². The van der Waals surface area contributed by atoms with E-state index in [9.17, 15) is 0 Å². The molecular formula is C34H31BrO. The van der Waals surface area contributed by atoms with Crippen LogP contribution in [-0.4, -0.2) is 0 Å². The molecule has 0 atom stereocenters. The first-order chi connectivity index (χ1) is 17.0. The molecular weight excluding hydrogens is 504 g/mol. The summed E-state index contributed by atoms with van der Waals surface area (Å²) in [5.74, 6) is 0. The van der Waals surface area contributed by atoms with E-state index in [2.05, 4.69) is 130 Å². The van der Waals surface area contributed by atoms with Gasteiger partial charge in [0.25, 0.3) is 0 Å². The Labute approximate surface area is 221 Å². The predicted octanol–water partition coefficient (Wildman–Crippen LogP) is 10.9. The van der Waals surface area contributed by atoms with Crippen molar-refractivity contribution in [1.82, 2.24) is 0 Å². The Kier molecular flexibility index (Phi) is 5.15. The van der Waals surface area contributed by atoms with Crippen LogP contribution in [0.25, 0.3) is 54.6 Å². The van der Waals surface area contributed by atoms with Crippen molar-refractivity contribution in [3.63, 3.8) is 0 Å². The van der Waals surface area contributed by atoms with Gasteiger partial charge in [0, 0.05) is 26.4 Å². The number of halogens is 1. The molecule has 0 unspecified atom stereocenters. The molecule has 0 saturated heterocycles. The summed E-state index contributed by atoms with van der Waals surface area (Å²) >= 11 is 4.02. The predicted molar refractivity (Wildman–Crippen MR) is 159 cm³/mol. The summed E-state index contributed by atoms with van der Waals surface area (Å²) in [5.41, 5.74) is 7.02. The molecule has 0 aliphatic heterocycles. The van der Waals surface area contributed by atoms with Crippen LogP contribution in [-0.2, 0) is 10.8 Å². The number of benzene rings is 5. The van der Waals surface area contributed by atoms with Crippen LogP contribution in [0.5, 0.6) is 0 Å². The number of rotatable bonds is 1. The van der Waals surface area contributed by atoms with Crippen LogP contribution in [0.1, 0.15) is 52.7 Å². The molecule has 180 valence electrons. The molecule has 1 heterocycles. The van der Waals surface area contributed by atoms with Crippen LogP contribution in [0.15, 0.2) is 87.8 Å². The lowest BCUT2D eigenvalue weighted by atomic mass is 9.82. The van der Waals surface area contributed by atoms with Crippen LogP contribution in [0.3, 0.4) is 0 Å². The van der Waals surface area contributed by atoms with Gasteiger partial charge in [0.1, 0.15) is 11.2 Å². The van der Waals surface area contributed by atoms with Crippen LogP contribution >= 0.6 is 15.9 Å². The minimum atomic E-state index is 0.0500. The van der Waals surface area contributed by atoms with E-state index >= 15 is 0 Å². The first kappa shape index (κ1) is 23.3. The minimum absolute atomic E-state index is 0.0500. The molecule has 0 radical (unpaired) electrons. The van der Waals surface area contributed by atoms with Gasteiger partial charge in [0.15, 0.2) is 0 Å². The fourth-order valence-electron chi connectivity index (χ4n) is 5.34. The highest BCUT2D eigenvalue weighted by atomic mass is 79.9. The molecule has 0 aliphatic carbocycles. The lowest BCUT2D eigenvalue weighted by Crippen LogP contribution is -2.11. The second kappa shape index (κ2) is 7.95. The molecule has 0 fully saturated rings. The van der Waals surface area contributed by atoms with Crippen molar-refractivity contribution in [2.24, 2.45) is 0 Å². The largest absolute Gasteiger partial charge is 0.455 e. The third-order valence-electron chi connectivity index (χ3n) is 7.46. The zero-order chi connectivity index (χ0) is 25.4. The summed E-state index contributed by atoms with van der Waals surface area (Å²) < 4.78 is 7.68. The number of hydrogen-bond donors (Lipinski definition) is 0. The standard InChI is InChI=1S/C34H31BrO/c1-33(2,3)20-15-17-24-27(18-20)30(23-16-14-21(34(4,5)6)19-28(23)31(24)35)26-12-9-11-25-22-10-7-8-13-29(22)36-32(25)26/h7-19H,1-6H3. The summed E-state index contributed by atoms with van der Waals surface area (Å²) in [6.07, 6.45) is 0. The fourth-order valence-corrected chi connectivity index (χ4v) is 6.02. The van der Waals surface area contributed by atoms with Crippen molar-refractivity contribution in [3.05, 3.63) is 94.5 Å². The normalized spacial score (nSPS) is 12.9. The third kappa shape index (κ3) is 3.58. The SMILES string of the molecule is CC(C)(C)c1ccc2c(-c3cccc4c3oc3ccccc34)c3cc(C(C)(C)C)ccc3c(Br)c2c1. The van der Waals surface area contributed by atoms with E-state index < -0.39 is 0 Å². The topological polar surface area (TPSA) is 13.1 Å². The van der Waals surface area contributed by atoms with Gasteiger partial charge in [0.05, 0.1) is 0 Å². The van der Waals surface area contributed by atoms with E-state index in [-0.39, 0.29) is 10.8 Å². The highest BCUT2D eigenvalue weighted by Crippen LogP contribution is 2.46. The molecule has 6 rings (SSSR count). The minimum Gasteiger partial charge on any atom is -0.455 e. The van der Waals surface area contributed by atoms with E-state index in [1.165, 1.54) is 38.2 Å². The summed E-state index contributed by atoms with van der Waals surface area (Å²) in [5, 5.41) is 7.27. The second-order valence-electron chi connectivity index (χ2n) is 12.0. The molecule has 0 saturated carbocycles. The van der Waals surface area contributed by atoms with Gasteiger partial charge in [-0.2, -0.15) is 0 Å². The molecule has 2 heteroatoms. The Morgan fingerprint density at radius 1 is 0.556 bits per heavy atom. The molecule has 0 bridgehead atoms. The Bertz CT molecular complexity index is 1810. The average Bonchev–Trinajstić information content (AvgIpc) is 3.22. The summed E-state index contributed by atoms with van der Waals surface area (Å²) in [4.78, 5) is 0. The van der Waals surface area contributed by atoms with E-state index in [1.807, 2.05) is 6.07 Å².